The van der Waals surface area contributed by atoms with Crippen LogP contribution in [-0.2, 0) is 4.74 Å². The van der Waals surface area contributed by atoms with Crippen molar-refractivity contribution in [2.75, 3.05) is 13.2 Å². The van der Waals surface area contributed by atoms with Crippen LogP contribution in [0.15, 0.2) is 36.5 Å². The molecule has 2 atom stereocenters. The SMILES string of the molecule is NC(c1cnn(-c2ccccc2)n1)C1CCOC1. The average Bonchev–Trinajstić information content (AvgIpc) is 3.10. The molecule has 0 saturated carbocycles. The number of hydrogen-bond donors (Lipinski definition) is 1. The van der Waals surface area contributed by atoms with E-state index in [0.717, 1.165) is 31.0 Å². The van der Waals surface area contributed by atoms with Gasteiger partial charge in [0, 0.05) is 12.5 Å². The van der Waals surface area contributed by atoms with Gasteiger partial charge in [0.05, 0.1) is 24.5 Å². The highest BCUT2D eigenvalue weighted by Crippen LogP contribution is 2.25. The molecule has 0 radical (unpaired) electrons. The first-order valence-electron chi connectivity index (χ1n) is 6.15. The van der Waals surface area contributed by atoms with Gasteiger partial charge >= 0.3 is 0 Å². The number of rotatable bonds is 3. The lowest BCUT2D eigenvalue weighted by Gasteiger charge is -2.14. The van der Waals surface area contributed by atoms with E-state index in [4.69, 9.17) is 10.5 Å². The molecule has 94 valence electrons. The number of ether oxygens (including phenoxy) is 1. The van der Waals surface area contributed by atoms with Gasteiger partial charge in [0.2, 0.25) is 0 Å². The van der Waals surface area contributed by atoms with Crippen LogP contribution < -0.4 is 5.73 Å². The highest BCUT2D eigenvalue weighted by Gasteiger charge is 2.26. The van der Waals surface area contributed by atoms with Gasteiger partial charge < -0.3 is 10.5 Å². The van der Waals surface area contributed by atoms with Gasteiger partial charge in [0.15, 0.2) is 0 Å². The molecule has 1 aliphatic heterocycles. The van der Waals surface area contributed by atoms with E-state index in [-0.39, 0.29) is 6.04 Å². The Hall–Kier alpha value is -1.72. The summed E-state index contributed by atoms with van der Waals surface area (Å²) in [7, 11) is 0. The lowest BCUT2D eigenvalue weighted by Crippen LogP contribution is -2.22. The smallest absolute Gasteiger partial charge is 0.100 e. The Balaban J connectivity index is 1.81. The monoisotopic (exact) mass is 244 g/mol. The number of nitrogens with zero attached hydrogens (tertiary/aromatic N) is 3. The van der Waals surface area contributed by atoms with Crippen LogP contribution in [0.1, 0.15) is 18.2 Å². The molecule has 0 amide bonds. The molecule has 2 unspecified atom stereocenters. The summed E-state index contributed by atoms with van der Waals surface area (Å²) in [6.45, 7) is 1.52. The van der Waals surface area contributed by atoms with Crippen LogP contribution in [0.3, 0.4) is 0 Å². The first-order chi connectivity index (χ1) is 8.84. The zero-order chi connectivity index (χ0) is 12.4. The minimum Gasteiger partial charge on any atom is -0.381 e. The Morgan fingerprint density at radius 1 is 1.33 bits per heavy atom. The fraction of sp³-hybridized carbons (Fsp3) is 0.385. The molecule has 5 nitrogen and oxygen atoms in total. The number of para-hydroxylation sites is 1. The van der Waals surface area contributed by atoms with Crippen molar-refractivity contribution >= 4 is 0 Å². The summed E-state index contributed by atoms with van der Waals surface area (Å²) in [6, 6.07) is 9.73. The topological polar surface area (TPSA) is 66.0 Å². The summed E-state index contributed by atoms with van der Waals surface area (Å²) >= 11 is 0. The van der Waals surface area contributed by atoms with Crippen molar-refractivity contribution in [3.63, 3.8) is 0 Å². The van der Waals surface area contributed by atoms with Crippen LogP contribution in [0.5, 0.6) is 0 Å². The van der Waals surface area contributed by atoms with Crippen molar-refractivity contribution in [1.82, 2.24) is 15.0 Å². The van der Waals surface area contributed by atoms with E-state index >= 15 is 0 Å². The number of hydrogen-bond acceptors (Lipinski definition) is 4. The predicted octanol–water partition coefficient (Wildman–Crippen LogP) is 1.30. The van der Waals surface area contributed by atoms with Gasteiger partial charge in [0.1, 0.15) is 5.69 Å². The Bertz CT molecular complexity index is 505. The Labute approximate surface area is 106 Å². The second-order valence-electron chi connectivity index (χ2n) is 4.54. The third-order valence-electron chi connectivity index (χ3n) is 3.31. The van der Waals surface area contributed by atoms with E-state index in [0.29, 0.717) is 5.92 Å². The quantitative estimate of drug-likeness (QED) is 0.884. The summed E-state index contributed by atoms with van der Waals surface area (Å²) in [5.41, 5.74) is 7.97. The molecule has 2 heterocycles. The average molecular weight is 244 g/mol. The molecule has 1 saturated heterocycles. The van der Waals surface area contributed by atoms with Crippen molar-refractivity contribution in [3.8, 4) is 5.69 Å². The number of aromatic nitrogens is 3. The zero-order valence-electron chi connectivity index (χ0n) is 10.1. The van der Waals surface area contributed by atoms with Crippen molar-refractivity contribution in [3.05, 3.63) is 42.2 Å². The summed E-state index contributed by atoms with van der Waals surface area (Å²) in [4.78, 5) is 1.62. The molecule has 1 aliphatic rings. The molecule has 1 aromatic carbocycles. The molecular weight excluding hydrogens is 228 g/mol. The van der Waals surface area contributed by atoms with E-state index in [1.807, 2.05) is 30.3 Å². The minimum absolute atomic E-state index is 0.0926. The van der Waals surface area contributed by atoms with Gasteiger partial charge in [-0.15, -0.1) is 0 Å². The van der Waals surface area contributed by atoms with E-state index in [9.17, 15) is 0 Å². The highest BCUT2D eigenvalue weighted by atomic mass is 16.5. The molecule has 0 aliphatic carbocycles. The van der Waals surface area contributed by atoms with E-state index in [2.05, 4.69) is 10.2 Å². The summed E-state index contributed by atoms with van der Waals surface area (Å²) in [6.07, 6.45) is 2.75. The van der Waals surface area contributed by atoms with Gasteiger partial charge in [0.25, 0.3) is 0 Å². The summed E-state index contributed by atoms with van der Waals surface area (Å²) < 4.78 is 5.36. The standard InChI is InChI=1S/C13H16N4O/c14-13(10-6-7-18-9-10)12-8-15-17(16-12)11-4-2-1-3-5-11/h1-5,8,10,13H,6-7,9,14H2. The molecule has 2 aromatic rings. The predicted molar refractivity (Wildman–Crippen MR) is 67.2 cm³/mol. The summed E-state index contributed by atoms with van der Waals surface area (Å²) in [5, 5.41) is 8.71. The fourth-order valence-electron chi connectivity index (χ4n) is 2.19. The first-order valence-corrected chi connectivity index (χ1v) is 6.15. The number of nitrogens with two attached hydrogens (primary N) is 1. The van der Waals surface area contributed by atoms with Gasteiger partial charge in [-0.05, 0) is 18.6 Å². The molecule has 1 fully saturated rings. The third-order valence-corrected chi connectivity index (χ3v) is 3.31. The number of benzene rings is 1. The van der Waals surface area contributed by atoms with Crippen LogP contribution in [-0.4, -0.2) is 28.2 Å². The van der Waals surface area contributed by atoms with Gasteiger partial charge in [-0.25, -0.2) is 0 Å². The zero-order valence-corrected chi connectivity index (χ0v) is 10.1. The third kappa shape index (κ3) is 2.14. The van der Waals surface area contributed by atoms with Crippen molar-refractivity contribution < 1.29 is 4.74 Å². The van der Waals surface area contributed by atoms with Crippen LogP contribution in [0.25, 0.3) is 5.69 Å². The maximum absolute atomic E-state index is 6.20. The second-order valence-corrected chi connectivity index (χ2v) is 4.54. The largest absolute Gasteiger partial charge is 0.381 e. The molecule has 5 heteroatoms. The Morgan fingerprint density at radius 3 is 2.89 bits per heavy atom. The molecule has 3 rings (SSSR count). The van der Waals surface area contributed by atoms with Crippen LogP contribution >= 0.6 is 0 Å². The Kier molecular flexibility index (Phi) is 3.08. The van der Waals surface area contributed by atoms with E-state index < -0.39 is 0 Å². The summed E-state index contributed by atoms with van der Waals surface area (Å²) in [5.74, 6) is 0.353. The maximum atomic E-state index is 6.20. The molecule has 0 spiro atoms. The molecule has 1 aromatic heterocycles. The van der Waals surface area contributed by atoms with Gasteiger partial charge in [-0.1, -0.05) is 18.2 Å². The van der Waals surface area contributed by atoms with Crippen molar-refractivity contribution in [2.24, 2.45) is 11.7 Å². The normalized spacial score (nSPS) is 21.1. The molecule has 2 N–H and O–H groups in total. The van der Waals surface area contributed by atoms with E-state index in [1.54, 1.807) is 11.0 Å². The van der Waals surface area contributed by atoms with Crippen molar-refractivity contribution in [2.45, 2.75) is 12.5 Å². The maximum Gasteiger partial charge on any atom is 0.100 e. The minimum atomic E-state index is -0.0926. The van der Waals surface area contributed by atoms with Gasteiger partial charge in [-0.3, -0.25) is 0 Å². The second kappa shape index (κ2) is 4.88. The van der Waals surface area contributed by atoms with Crippen molar-refractivity contribution in [1.29, 1.82) is 0 Å². The Morgan fingerprint density at radius 2 is 2.17 bits per heavy atom. The molecule has 0 bridgehead atoms. The molecule has 18 heavy (non-hydrogen) atoms. The van der Waals surface area contributed by atoms with E-state index in [1.165, 1.54) is 0 Å². The fourth-order valence-corrected chi connectivity index (χ4v) is 2.19. The lowest BCUT2D eigenvalue weighted by molar-refractivity contribution is 0.180. The van der Waals surface area contributed by atoms with Crippen LogP contribution in [0, 0.1) is 5.92 Å². The highest BCUT2D eigenvalue weighted by molar-refractivity contribution is 5.28. The van der Waals surface area contributed by atoms with Crippen LogP contribution in [0.2, 0.25) is 0 Å². The van der Waals surface area contributed by atoms with Crippen LogP contribution in [0.4, 0.5) is 0 Å². The lowest BCUT2D eigenvalue weighted by atomic mass is 9.98. The first kappa shape index (κ1) is 11.4. The molecular formula is C13H16N4O. The van der Waals surface area contributed by atoms with Gasteiger partial charge in [-0.2, -0.15) is 15.0 Å².